The van der Waals surface area contributed by atoms with Crippen LogP contribution in [0, 0.1) is 25.7 Å². The molecule has 0 aromatic heterocycles. The van der Waals surface area contributed by atoms with Crippen molar-refractivity contribution in [2.24, 2.45) is 11.8 Å². The van der Waals surface area contributed by atoms with Crippen molar-refractivity contribution in [1.29, 1.82) is 0 Å². The summed E-state index contributed by atoms with van der Waals surface area (Å²) in [5.74, 6) is 1.90. The van der Waals surface area contributed by atoms with Crippen molar-refractivity contribution in [2.45, 2.75) is 51.6 Å². The number of hydrogen-bond donors (Lipinski definition) is 1. The molecule has 3 rings (SSSR count). The van der Waals surface area contributed by atoms with Gasteiger partial charge in [0.15, 0.2) is 0 Å². The second-order valence-corrected chi connectivity index (χ2v) is 8.11. The van der Waals surface area contributed by atoms with Crippen LogP contribution in [0.1, 0.15) is 47.2 Å². The van der Waals surface area contributed by atoms with Gasteiger partial charge in [0.05, 0.1) is 0 Å². The monoisotopic (exact) mass is 330 g/mol. The first-order valence-corrected chi connectivity index (χ1v) is 9.01. The topological polar surface area (TPSA) is 43.8 Å². The van der Waals surface area contributed by atoms with Gasteiger partial charge in [0, 0.05) is 24.7 Å². The Kier molecular flexibility index (Phi) is 4.60. The van der Waals surface area contributed by atoms with Gasteiger partial charge in [-0.15, -0.1) is 0 Å². The number of carbonyl (C=O) groups excluding carboxylic acids is 1. The van der Waals surface area contributed by atoms with Gasteiger partial charge >= 0.3 is 0 Å². The van der Waals surface area contributed by atoms with Crippen molar-refractivity contribution in [3.63, 3.8) is 0 Å². The fraction of sp³-hybridized carbons (Fsp3) is 0.650. The molecule has 2 fully saturated rings. The molecule has 0 heterocycles. The number of fused-ring (bicyclic) bond motifs is 1. The quantitative estimate of drug-likeness (QED) is 0.925. The minimum absolute atomic E-state index is 0.0790. The predicted octanol–water partition coefficient (Wildman–Crippen LogP) is 3.20. The highest BCUT2D eigenvalue weighted by Crippen LogP contribution is 2.46. The average Bonchev–Trinajstić information content (AvgIpc) is 3.09. The SMILES string of the molecule is Cc1cc(C(=O)N(C)C2C[C@H]3CC(N(C)C)C[C@H]3C2)cc(C)c1O. The Morgan fingerprint density at radius 1 is 0.958 bits per heavy atom. The number of nitrogens with zero attached hydrogens (tertiary/aromatic N) is 2. The highest BCUT2D eigenvalue weighted by molar-refractivity contribution is 5.95. The fourth-order valence-corrected chi connectivity index (χ4v) is 4.74. The summed E-state index contributed by atoms with van der Waals surface area (Å²) in [4.78, 5) is 17.2. The van der Waals surface area contributed by atoms with Gasteiger partial charge in [0.1, 0.15) is 5.75 Å². The van der Waals surface area contributed by atoms with Gasteiger partial charge in [-0.25, -0.2) is 0 Å². The number of amides is 1. The van der Waals surface area contributed by atoms with E-state index in [0.717, 1.165) is 35.8 Å². The molecule has 2 aliphatic carbocycles. The van der Waals surface area contributed by atoms with Crippen LogP contribution in [-0.2, 0) is 0 Å². The normalized spacial score (nSPS) is 29.1. The molecule has 1 amide bonds. The molecule has 1 aromatic carbocycles. The van der Waals surface area contributed by atoms with Crippen LogP contribution in [0.4, 0.5) is 0 Å². The lowest BCUT2D eigenvalue weighted by Gasteiger charge is -2.27. The number of aromatic hydroxyl groups is 1. The standard InChI is InChI=1S/C20H30N2O2/c1-12-6-16(7-13(2)19(12)23)20(24)22(5)18-10-14-8-17(21(3)4)9-15(14)11-18/h6-7,14-15,17-18,23H,8-11H2,1-5H3/t14-,15+,17?,18?. The van der Waals surface area contributed by atoms with Gasteiger partial charge in [0.25, 0.3) is 5.91 Å². The first kappa shape index (κ1) is 17.3. The van der Waals surface area contributed by atoms with E-state index in [9.17, 15) is 9.90 Å². The molecule has 0 saturated heterocycles. The summed E-state index contributed by atoms with van der Waals surface area (Å²) in [6, 6.07) is 4.67. The van der Waals surface area contributed by atoms with Crippen LogP contribution in [0.3, 0.4) is 0 Å². The van der Waals surface area contributed by atoms with Crippen LogP contribution in [-0.4, -0.2) is 54.0 Å². The van der Waals surface area contributed by atoms with E-state index < -0.39 is 0 Å². The molecule has 132 valence electrons. The molecule has 4 heteroatoms. The minimum Gasteiger partial charge on any atom is -0.507 e. The van der Waals surface area contributed by atoms with E-state index in [1.165, 1.54) is 12.8 Å². The Morgan fingerprint density at radius 3 is 1.88 bits per heavy atom. The summed E-state index contributed by atoms with van der Waals surface area (Å²) in [5, 5.41) is 9.91. The van der Waals surface area contributed by atoms with E-state index in [2.05, 4.69) is 19.0 Å². The number of carbonyl (C=O) groups is 1. The molecular weight excluding hydrogens is 300 g/mol. The third-order valence-electron chi connectivity index (χ3n) is 6.30. The largest absolute Gasteiger partial charge is 0.507 e. The molecule has 0 bridgehead atoms. The van der Waals surface area contributed by atoms with Crippen LogP contribution in [0.15, 0.2) is 12.1 Å². The first-order chi connectivity index (χ1) is 11.3. The fourth-order valence-electron chi connectivity index (χ4n) is 4.74. The lowest BCUT2D eigenvalue weighted by molar-refractivity contribution is 0.0726. The van der Waals surface area contributed by atoms with E-state index >= 15 is 0 Å². The molecule has 24 heavy (non-hydrogen) atoms. The summed E-state index contributed by atoms with van der Waals surface area (Å²) < 4.78 is 0. The maximum atomic E-state index is 12.9. The van der Waals surface area contributed by atoms with Crippen molar-refractivity contribution in [1.82, 2.24) is 9.80 Å². The van der Waals surface area contributed by atoms with Crippen LogP contribution < -0.4 is 0 Å². The molecule has 4 nitrogen and oxygen atoms in total. The lowest BCUT2D eigenvalue weighted by Crippen LogP contribution is -2.36. The lowest BCUT2D eigenvalue weighted by atomic mass is 10.0. The van der Waals surface area contributed by atoms with Crippen LogP contribution >= 0.6 is 0 Å². The van der Waals surface area contributed by atoms with E-state index in [1.54, 1.807) is 12.1 Å². The van der Waals surface area contributed by atoms with E-state index in [4.69, 9.17) is 0 Å². The molecule has 2 saturated carbocycles. The Labute approximate surface area is 145 Å². The second-order valence-electron chi connectivity index (χ2n) is 8.11. The highest BCUT2D eigenvalue weighted by Gasteiger charge is 2.44. The van der Waals surface area contributed by atoms with Crippen molar-refractivity contribution in [2.75, 3.05) is 21.1 Å². The zero-order valence-electron chi connectivity index (χ0n) is 15.5. The number of phenols is 1. The zero-order chi connectivity index (χ0) is 17.6. The van der Waals surface area contributed by atoms with Crippen LogP contribution in [0.25, 0.3) is 0 Å². The molecule has 2 aliphatic rings. The zero-order valence-corrected chi connectivity index (χ0v) is 15.5. The van der Waals surface area contributed by atoms with Gasteiger partial charge < -0.3 is 14.9 Å². The number of hydrogen-bond acceptors (Lipinski definition) is 3. The maximum absolute atomic E-state index is 12.9. The van der Waals surface area contributed by atoms with Gasteiger partial charge in [-0.3, -0.25) is 4.79 Å². The Hall–Kier alpha value is -1.55. The Morgan fingerprint density at radius 2 is 1.42 bits per heavy atom. The van der Waals surface area contributed by atoms with Gasteiger partial charge in [-0.1, -0.05) is 0 Å². The average molecular weight is 330 g/mol. The number of rotatable bonds is 3. The summed E-state index contributed by atoms with van der Waals surface area (Å²) in [6.45, 7) is 3.70. The molecule has 1 N–H and O–H groups in total. The molecule has 1 aromatic rings. The van der Waals surface area contributed by atoms with Gasteiger partial charge in [0.2, 0.25) is 0 Å². The third kappa shape index (κ3) is 3.04. The maximum Gasteiger partial charge on any atom is 0.253 e. The van der Waals surface area contributed by atoms with Crippen molar-refractivity contribution in [3.05, 3.63) is 28.8 Å². The van der Waals surface area contributed by atoms with Crippen molar-refractivity contribution < 1.29 is 9.90 Å². The van der Waals surface area contributed by atoms with Gasteiger partial charge in [-0.05, 0) is 88.7 Å². The summed E-state index contributed by atoms with van der Waals surface area (Å²) in [7, 11) is 6.29. The molecule has 0 spiro atoms. The van der Waals surface area contributed by atoms with E-state index in [1.807, 2.05) is 25.8 Å². The predicted molar refractivity (Wildman–Crippen MR) is 96.4 cm³/mol. The summed E-state index contributed by atoms with van der Waals surface area (Å²) >= 11 is 0. The molecule has 2 unspecified atom stereocenters. The highest BCUT2D eigenvalue weighted by atomic mass is 16.3. The molecule has 0 aliphatic heterocycles. The summed E-state index contributed by atoms with van der Waals surface area (Å²) in [6.07, 6.45) is 4.81. The minimum atomic E-state index is 0.0790. The summed E-state index contributed by atoms with van der Waals surface area (Å²) in [5.41, 5.74) is 2.22. The Balaban J connectivity index is 1.68. The smallest absolute Gasteiger partial charge is 0.253 e. The second kappa shape index (κ2) is 6.40. The first-order valence-electron chi connectivity index (χ1n) is 9.01. The number of benzene rings is 1. The Bertz CT molecular complexity index is 604. The van der Waals surface area contributed by atoms with Crippen molar-refractivity contribution >= 4 is 5.91 Å². The molecular formula is C20H30N2O2. The molecule has 0 radical (unpaired) electrons. The van der Waals surface area contributed by atoms with E-state index in [0.29, 0.717) is 23.4 Å². The van der Waals surface area contributed by atoms with Crippen LogP contribution in [0.5, 0.6) is 5.75 Å². The molecule has 4 atom stereocenters. The number of aryl methyl sites for hydroxylation is 2. The van der Waals surface area contributed by atoms with Crippen molar-refractivity contribution in [3.8, 4) is 5.75 Å². The number of phenolic OH excluding ortho intramolecular Hbond substituents is 1. The van der Waals surface area contributed by atoms with Gasteiger partial charge in [-0.2, -0.15) is 0 Å². The van der Waals surface area contributed by atoms with E-state index in [-0.39, 0.29) is 5.91 Å². The van der Waals surface area contributed by atoms with Crippen LogP contribution in [0.2, 0.25) is 0 Å². The third-order valence-corrected chi connectivity index (χ3v) is 6.30.